The fourth-order valence-electron chi connectivity index (χ4n) is 1.61. The van der Waals surface area contributed by atoms with E-state index >= 15 is 0 Å². The molecule has 2 N–H and O–H groups in total. The van der Waals surface area contributed by atoms with Gasteiger partial charge in [-0.05, 0) is 36.2 Å². The number of phenols is 1. The molecule has 0 amide bonds. The van der Waals surface area contributed by atoms with Gasteiger partial charge >= 0.3 is 0 Å². The molecule has 6 heteroatoms. The summed E-state index contributed by atoms with van der Waals surface area (Å²) in [4.78, 5) is 4.01. The van der Waals surface area contributed by atoms with E-state index in [-0.39, 0.29) is 17.2 Å². The average Bonchev–Trinajstić information content (AvgIpc) is 2.40. The molecule has 0 unspecified atom stereocenters. The third kappa shape index (κ3) is 3.77. The second-order valence-electron chi connectivity index (χ2n) is 4.01. The first kappa shape index (κ1) is 13.5. The van der Waals surface area contributed by atoms with Crippen molar-refractivity contribution in [3.8, 4) is 5.75 Å². The molecule has 1 heterocycles. The Balaban J connectivity index is 1.99. The number of nitrogens with zero attached hydrogens (tertiary/aromatic N) is 1. The van der Waals surface area contributed by atoms with Crippen LogP contribution in [-0.2, 0) is 16.4 Å². The van der Waals surface area contributed by atoms with Crippen LogP contribution in [0.5, 0.6) is 5.75 Å². The Morgan fingerprint density at radius 1 is 1.21 bits per heavy atom. The Morgan fingerprint density at radius 2 is 2.05 bits per heavy atom. The highest BCUT2D eigenvalue weighted by atomic mass is 32.2. The molecule has 19 heavy (non-hydrogen) atoms. The van der Waals surface area contributed by atoms with Crippen molar-refractivity contribution in [3.05, 3.63) is 54.4 Å². The van der Waals surface area contributed by atoms with Gasteiger partial charge in [-0.2, -0.15) is 0 Å². The summed E-state index contributed by atoms with van der Waals surface area (Å²) in [7, 11) is -3.58. The zero-order chi connectivity index (χ0) is 13.7. The second kappa shape index (κ2) is 5.81. The number of pyridine rings is 1. The fraction of sp³-hybridized carbons (Fsp3) is 0.154. The molecular formula is C13H14N2O3S. The van der Waals surface area contributed by atoms with Crippen LogP contribution >= 0.6 is 0 Å². The third-order valence-electron chi connectivity index (χ3n) is 2.56. The number of sulfonamides is 1. The van der Waals surface area contributed by atoms with Crippen molar-refractivity contribution < 1.29 is 13.5 Å². The van der Waals surface area contributed by atoms with Crippen LogP contribution in [0.2, 0.25) is 0 Å². The Kier molecular flexibility index (Phi) is 4.13. The second-order valence-corrected chi connectivity index (χ2v) is 5.77. The Bertz CT molecular complexity index is 642. The van der Waals surface area contributed by atoms with Gasteiger partial charge in [0.2, 0.25) is 10.0 Å². The van der Waals surface area contributed by atoms with Crippen LogP contribution in [0, 0.1) is 0 Å². The van der Waals surface area contributed by atoms with Crippen LogP contribution in [0.15, 0.2) is 53.7 Å². The molecule has 0 aliphatic carbocycles. The fourth-order valence-corrected chi connectivity index (χ4v) is 2.68. The minimum absolute atomic E-state index is 0.0543. The Labute approximate surface area is 112 Å². The molecule has 2 aromatic rings. The van der Waals surface area contributed by atoms with Crippen LogP contribution in [0.3, 0.4) is 0 Å². The Morgan fingerprint density at radius 3 is 2.74 bits per heavy atom. The molecule has 0 atom stereocenters. The lowest BCUT2D eigenvalue weighted by Gasteiger charge is -2.07. The predicted molar refractivity (Wildman–Crippen MR) is 71.2 cm³/mol. The summed E-state index contributed by atoms with van der Waals surface area (Å²) in [6.07, 6.45) is 3.93. The van der Waals surface area contributed by atoms with Crippen LogP contribution < -0.4 is 4.72 Å². The van der Waals surface area contributed by atoms with E-state index in [2.05, 4.69) is 9.71 Å². The normalized spacial score (nSPS) is 11.4. The molecule has 0 saturated carbocycles. The number of hydrogen-bond acceptors (Lipinski definition) is 4. The molecule has 1 aromatic heterocycles. The minimum Gasteiger partial charge on any atom is -0.508 e. The van der Waals surface area contributed by atoms with Gasteiger partial charge in [-0.3, -0.25) is 4.98 Å². The SMILES string of the molecule is O=S(=O)(NCCc1cccnc1)c1cccc(O)c1. The number of benzene rings is 1. The predicted octanol–water partition coefficient (Wildman–Crippen LogP) is 1.31. The number of hydrogen-bond donors (Lipinski definition) is 2. The maximum atomic E-state index is 11.9. The van der Waals surface area contributed by atoms with Crippen molar-refractivity contribution in [2.24, 2.45) is 0 Å². The number of rotatable bonds is 5. The summed E-state index contributed by atoms with van der Waals surface area (Å²) in [6, 6.07) is 9.26. The molecule has 100 valence electrons. The lowest BCUT2D eigenvalue weighted by molar-refractivity contribution is 0.473. The lowest BCUT2D eigenvalue weighted by atomic mass is 10.2. The summed E-state index contributed by atoms with van der Waals surface area (Å²) in [5.41, 5.74) is 0.959. The van der Waals surface area contributed by atoms with Crippen LogP contribution in [-0.4, -0.2) is 25.1 Å². The number of nitrogens with one attached hydrogen (secondary N) is 1. The molecule has 0 aliphatic heterocycles. The number of phenolic OH excluding ortho intramolecular Hbond substituents is 1. The summed E-state index contributed by atoms with van der Waals surface area (Å²) in [5, 5.41) is 9.28. The zero-order valence-electron chi connectivity index (χ0n) is 10.2. The topological polar surface area (TPSA) is 79.3 Å². The van der Waals surface area contributed by atoms with E-state index in [1.165, 1.54) is 24.3 Å². The van der Waals surface area contributed by atoms with Gasteiger partial charge in [0.05, 0.1) is 4.90 Å². The largest absolute Gasteiger partial charge is 0.508 e. The van der Waals surface area contributed by atoms with E-state index in [9.17, 15) is 13.5 Å². The average molecular weight is 278 g/mol. The monoisotopic (exact) mass is 278 g/mol. The third-order valence-corrected chi connectivity index (χ3v) is 4.02. The van der Waals surface area contributed by atoms with E-state index in [4.69, 9.17) is 0 Å². The molecule has 1 aromatic carbocycles. The van der Waals surface area contributed by atoms with Gasteiger partial charge < -0.3 is 5.11 Å². The highest BCUT2D eigenvalue weighted by molar-refractivity contribution is 7.89. The standard InChI is InChI=1S/C13H14N2O3S/c16-12-4-1-5-13(9-12)19(17,18)15-8-6-11-3-2-7-14-10-11/h1-5,7,9-10,15-16H,6,8H2. The van der Waals surface area contributed by atoms with Gasteiger partial charge in [-0.1, -0.05) is 12.1 Å². The van der Waals surface area contributed by atoms with Crippen LogP contribution in [0.25, 0.3) is 0 Å². The van der Waals surface area contributed by atoms with Crippen molar-refractivity contribution in [1.82, 2.24) is 9.71 Å². The molecular weight excluding hydrogens is 264 g/mol. The van der Waals surface area contributed by atoms with E-state index in [1.807, 2.05) is 6.07 Å². The lowest BCUT2D eigenvalue weighted by Crippen LogP contribution is -2.25. The summed E-state index contributed by atoms with van der Waals surface area (Å²) >= 11 is 0. The maximum Gasteiger partial charge on any atom is 0.240 e. The van der Waals surface area contributed by atoms with Crippen molar-refractivity contribution in [2.45, 2.75) is 11.3 Å². The van der Waals surface area contributed by atoms with Gasteiger partial charge in [0.25, 0.3) is 0 Å². The van der Waals surface area contributed by atoms with Crippen molar-refractivity contribution in [1.29, 1.82) is 0 Å². The summed E-state index contributed by atoms with van der Waals surface area (Å²) in [6.45, 7) is 0.281. The number of aromatic hydroxyl groups is 1. The molecule has 0 radical (unpaired) electrons. The van der Waals surface area contributed by atoms with Gasteiger partial charge in [0, 0.05) is 18.9 Å². The molecule has 0 saturated heterocycles. The van der Waals surface area contributed by atoms with Crippen molar-refractivity contribution >= 4 is 10.0 Å². The van der Waals surface area contributed by atoms with Gasteiger partial charge in [0.15, 0.2) is 0 Å². The first-order valence-electron chi connectivity index (χ1n) is 5.75. The van der Waals surface area contributed by atoms with Gasteiger partial charge in [-0.15, -0.1) is 0 Å². The van der Waals surface area contributed by atoms with E-state index in [1.54, 1.807) is 18.5 Å². The molecule has 0 bridgehead atoms. The smallest absolute Gasteiger partial charge is 0.240 e. The van der Waals surface area contributed by atoms with Gasteiger partial charge in [0.1, 0.15) is 5.75 Å². The van der Waals surface area contributed by atoms with Gasteiger partial charge in [-0.25, -0.2) is 13.1 Å². The van der Waals surface area contributed by atoms with Crippen molar-refractivity contribution in [3.63, 3.8) is 0 Å². The van der Waals surface area contributed by atoms with E-state index < -0.39 is 10.0 Å². The van der Waals surface area contributed by atoms with Crippen LogP contribution in [0.4, 0.5) is 0 Å². The minimum atomic E-state index is -3.58. The summed E-state index contributed by atoms with van der Waals surface area (Å²) < 4.78 is 26.4. The number of aromatic nitrogens is 1. The van der Waals surface area contributed by atoms with E-state index in [0.717, 1.165) is 5.56 Å². The zero-order valence-corrected chi connectivity index (χ0v) is 11.0. The summed E-state index contributed by atoms with van der Waals surface area (Å²) in [5.74, 6) is -0.0739. The molecule has 0 aliphatic rings. The molecule has 0 fully saturated rings. The van der Waals surface area contributed by atoms with Crippen LogP contribution in [0.1, 0.15) is 5.56 Å². The van der Waals surface area contributed by atoms with Crippen molar-refractivity contribution in [2.75, 3.05) is 6.54 Å². The highest BCUT2D eigenvalue weighted by Crippen LogP contribution is 2.15. The van der Waals surface area contributed by atoms with E-state index in [0.29, 0.717) is 6.42 Å². The first-order chi connectivity index (χ1) is 9.08. The molecule has 5 nitrogen and oxygen atoms in total. The highest BCUT2D eigenvalue weighted by Gasteiger charge is 2.13. The first-order valence-corrected chi connectivity index (χ1v) is 7.24. The molecule has 2 rings (SSSR count). The quantitative estimate of drug-likeness (QED) is 0.864. The molecule has 0 spiro atoms. The maximum absolute atomic E-state index is 11.9. The Hall–Kier alpha value is -1.92.